The summed E-state index contributed by atoms with van der Waals surface area (Å²) in [7, 11) is 1.58. The average Bonchev–Trinajstić information content (AvgIpc) is 3.69. The molecule has 4 heterocycles. The third kappa shape index (κ3) is 3.94. The second-order valence-electron chi connectivity index (χ2n) is 8.43. The molecular weight excluding hydrogens is 521 g/mol. The van der Waals surface area contributed by atoms with E-state index in [0.717, 1.165) is 52.3 Å². The molecule has 0 amide bonds. The van der Waals surface area contributed by atoms with Gasteiger partial charge in [-0.05, 0) is 47.5 Å². The fourth-order valence-electron chi connectivity index (χ4n) is 4.75. The van der Waals surface area contributed by atoms with E-state index in [-0.39, 0.29) is 16.4 Å². The van der Waals surface area contributed by atoms with E-state index >= 15 is 0 Å². The maximum absolute atomic E-state index is 14.6. The van der Waals surface area contributed by atoms with Crippen molar-refractivity contribution >= 4 is 28.9 Å². The van der Waals surface area contributed by atoms with Crippen molar-refractivity contribution in [2.45, 2.75) is 18.8 Å². The number of halogens is 2. The number of hydrogen-bond donors (Lipinski definition) is 2. The summed E-state index contributed by atoms with van der Waals surface area (Å²) < 4.78 is 17.9. The number of hydrogen-bond acceptors (Lipinski definition) is 7. The second-order valence-corrected chi connectivity index (χ2v) is 9.75. The summed E-state index contributed by atoms with van der Waals surface area (Å²) in [6.07, 6.45) is 6.45. The molecule has 1 aliphatic rings. The van der Waals surface area contributed by atoms with Crippen LogP contribution in [0.15, 0.2) is 48.4 Å². The fraction of sp³-hybridized carbons (Fsp3) is 0.167. The quantitative estimate of drug-likeness (QED) is 0.316. The number of rotatable bonds is 6. The average molecular weight is 539 g/mol. The Morgan fingerprint density at radius 2 is 2.22 bits per heavy atom. The number of carbonyl (C=O) groups is 1. The lowest BCUT2D eigenvalue weighted by Crippen LogP contribution is -2.45. The zero-order valence-electron chi connectivity index (χ0n) is 19.2. The van der Waals surface area contributed by atoms with E-state index in [9.17, 15) is 14.3 Å². The molecule has 2 N–H and O–H groups in total. The molecular formula is C24H18ClFN7O3S+. The molecule has 13 heteroatoms. The molecule has 37 heavy (non-hydrogen) atoms. The Bertz CT molecular complexity index is 1650. The first kappa shape index (κ1) is 23.3. The maximum Gasteiger partial charge on any atom is 0.348 e. The van der Waals surface area contributed by atoms with Gasteiger partial charge in [0.25, 0.3) is 0 Å². The number of pyridine rings is 1. The van der Waals surface area contributed by atoms with Gasteiger partial charge in [0.1, 0.15) is 30.1 Å². The van der Waals surface area contributed by atoms with Crippen molar-refractivity contribution in [3.8, 4) is 28.1 Å². The molecule has 0 saturated carbocycles. The number of H-pyrrole nitrogens is 1. The van der Waals surface area contributed by atoms with Gasteiger partial charge in [-0.3, -0.25) is 4.84 Å². The van der Waals surface area contributed by atoms with Crippen molar-refractivity contribution < 1.29 is 23.9 Å². The molecule has 0 fully saturated rings. The predicted octanol–water partition coefficient (Wildman–Crippen LogP) is 3.70. The Kier molecular flexibility index (Phi) is 5.69. The highest BCUT2D eigenvalue weighted by Gasteiger charge is 2.38. The zero-order valence-corrected chi connectivity index (χ0v) is 20.8. The van der Waals surface area contributed by atoms with E-state index in [1.165, 1.54) is 17.9 Å². The van der Waals surface area contributed by atoms with Crippen LogP contribution in [-0.4, -0.2) is 48.4 Å². The normalized spacial score (nSPS) is 14.6. The molecule has 0 aliphatic heterocycles. The summed E-state index contributed by atoms with van der Waals surface area (Å²) in [5, 5.41) is 22.7. The number of aromatic nitrogens is 7. The van der Waals surface area contributed by atoms with Crippen LogP contribution in [0.2, 0.25) is 5.02 Å². The number of aromatic amines is 1. The Labute approximate surface area is 217 Å². The lowest BCUT2D eigenvalue weighted by molar-refractivity contribution is -0.890. The highest BCUT2D eigenvalue weighted by Crippen LogP contribution is 2.39. The van der Waals surface area contributed by atoms with Gasteiger partial charge in [-0.1, -0.05) is 11.6 Å². The van der Waals surface area contributed by atoms with Gasteiger partial charge in [0.2, 0.25) is 11.9 Å². The molecule has 4 aromatic heterocycles. The van der Waals surface area contributed by atoms with Crippen LogP contribution in [0, 0.1) is 5.82 Å². The summed E-state index contributed by atoms with van der Waals surface area (Å²) in [6.45, 7) is 0. The van der Waals surface area contributed by atoms with Crippen LogP contribution < -0.4 is 9.57 Å². The molecule has 1 aromatic carbocycles. The van der Waals surface area contributed by atoms with Crippen LogP contribution in [0.1, 0.15) is 39.1 Å². The first-order valence-corrected chi connectivity index (χ1v) is 12.4. The number of aryl methyl sites for hydroxylation is 1. The molecule has 1 unspecified atom stereocenters. The van der Waals surface area contributed by atoms with Crippen LogP contribution in [0.3, 0.4) is 0 Å². The maximum atomic E-state index is 14.6. The number of thiophene rings is 1. The molecule has 1 atom stereocenters. The minimum atomic E-state index is -1.29. The van der Waals surface area contributed by atoms with Gasteiger partial charge in [0, 0.05) is 31.8 Å². The van der Waals surface area contributed by atoms with Gasteiger partial charge in [-0.2, -0.15) is 4.68 Å². The largest absolute Gasteiger partial charge is 0.477 e. The number of tetrazole rings is 1. The highest BCUT2D eigenvalue weighted by molar-refractivity contribution is 7.12. The van der Waals surface area contributed by atoms with Crippen molar-refractivity contribution in [3.63, 3.8) is 0 Å². The topological polar surface area (TPSA) is 123 Å². The van der Waals surface area contributed by atoms with Gasteiger partial charge < -0.3 is 10.1 Å². The first-order chi connectivity index (χ1) is 17.9. The van der Waals surface area contributed by atoms with Crippen LogP contribution >= 0.6 is 22.9 Å². The Morgan fingerprint density at radius 3 is 2.95 bits per heavy atom. The van der Waals surface area contributed by atoms with E-state index in [2.05, 4.69) is 31.6 Å². The Morgan fingerprint density at radius 1 is 1.35 bits per heavy atom. The lowest BCUT2D eigenvalue weighted by atomic mass is 10.0. The molecule has 1 aliphatic carbocycles. The van der Waals surface area contributed by atoms with Crippen LogP contribution in [0.25, 0.3) is 28.1 Å². The van der Waals surface area contributed by atoms with Crippen LogP contribution in [0.4, 0.5) is 4.39 Å². The van der Waals surface area contributed by atoms with Crippen LogP contribution in [0.5, 0.6) is 0 Å². The molecule has 0 spiro atoms. The Balaban J connectivity index is 1.40. The summed E-state index contributed by atoms with van der Waals surface area (Å²) in [5.41, 5.74) is 5.08. The summed E-state index contributed by atoms with van der Waals surface area (Å²) in [5.74, 6) is -1.54. The molecule has 5 aromatic rings. The number of imidazole rings is 1. The molecule has 0 bridgehead atoms. The highest BCUT2D eigenvalue weighted by atomic mass is 35.5. The van der Waals surface area contributed by atoms with E-state index < -0.39 is 11.8 Å². The second kappa shape index (κ2) is 9.05. The zero-order chi connectivity index (χ0) is 25.7. The third-order valence-electron chi connectivity index (χ3n) is 6.39. The van der Waals surface area contributed by atoms with Gasteiger partial charge in [-0.15, -0.1) is 16.4 Å². The lowest BCUT2D eigenvalue weighted by Gasteiger charge is -2.11. The molecule has 10 nitrogen and oxygen atoms in total. The summed E-state index contributed by atoms with van der Waals surface area (Å²) >= 11 is 7.18. The number of nitrogens with zero attached hydrogens (tertiary/aromatic N) is 6. The standard InChI is InChI=1S/C24H17ClFN7O3S/c1-36-33-9-13(16-7-14(25)3-5-19(16)32-11-28-30-31-32)6-12-2-4-15(21(12)33)23-27-8-18(29-23)17-10-37-22(20(17)26)24(34)35/h3,5-11,15H,2,4H2,1H3,(H-,27,29,34,35)/p+1. The molecule has 0 saturated heterocycles. The first-order valence-electron chi connectivity index (χ1n) is 11.2. The van der Waals surface area contributed by atoms with Gasteiger partial charge in [-0.25, -0.2) is 14.2 Å². The summed E-state index contributed by atoms with van der Waals surface area (Å²) in [6, 6.07) is 7.57. The molecule has 6 rings (SSSR count). The Hall–Kier alpha value is -4.16. The minimum Gasteiger partial charge on any atom is -0.477 e. The number of carboxylic acids is 1. The SMILES string of the molecule is CO[n+]1cc(-c2cc(Cl)ccc2-n2cnnn2)cc2c1C(c1ncc(-c3csc(C(=O)O)c3F)[nH]1)CC2. The fourth-order valence-corrected chi connectivity index (χ4v) is 5.70. The third-order valence-corrected chi connectivity index (χ3v) is 7.57. The van der Waals surface area contributed by atoms with Gasteiger partial charge >= 0.3 is 5.97 Å². The van der Waals surface area contributed by atoms with E-state index in [0.29, 0.717) is 16.5 Å². The number of benzene rings is 1. The number of nitrogens with one attached hydrogen (secondary N) is 1. The number of carboxylic acid groups (broad SMARTS) is 1. The molecule has 186 valence electrons. The van der Waals surface area contributed by atoms with Crippen molar-refractivity contribution in [2.24, 2.45) is 0 Å². The summed E-state index contributed by atoms with van der Waals surface area (Å²) in [4.78, 5) is 24.3. The molecule has 0 radical (unpaired) electrons. The van der Waals surface area contributed by atoms with Crippen molar-refractivity contribution in [3.05, 3.63) is 81.2 Å². The monoisotopic (exact) mass is 538 g/mol. The predicted molar refractivity (Wildman–Crippen MR) is 131 cm³/mol. The minimum absolute atomic E-state index is 0.128. The smallest absolute Gasteiger partial charge is 0.348 e. The van der Waals surface area contributed by atoms with E-state index in [1.54, 1.807) is 22.6 Å². The van der Waals surface area contributed by atoms with Crippen molar-refractivity contribution in [1.82, 2.24) is 30.2 Å². The van der Waals surface area contributed by atoms with Gasteiger partial charge in [0.05, 0.1) is 23.1 Å². The number of aromatic carboxylic acids is 1. The van der Waals surface area contributed by atoms with Gasteiger partial charge in [0.15, 0.2) is 5.82 Å². The van der Waals surface area contributed by atoms with E-state index in [4.69, 9.17) is 16.4 Å². The van der Waals surface area contributed by atoms with Crippen molar-refractivity contribution in [1.29, 1.82) is 0 Å². The van der Waals surface area contributed by atoms with Crippen LogP contribution in [-0.2, 0) is 6.42 Å². The number of fused-ring (bicyclic) bond motifs is 1. The van der Waals surface area contributed by atoms with E-state index in [1.807, 2.05) is 18.3 Å². The van der Waals surface area contributed by atoms with Crippen molar-refractivity contribution in [2.75, 3.05) is 7.11 Å².